The highest BCUT2D eigenvalue weighted by Crippen LogP contribution is 2.26. The highest BCUT2D eigenvalue weighted by Gasteiger charge is 2.38. The van der Waals surface area contributed by atoms with E-state index in [1.807, 2.05) is 43.3 Å². The molecule has 0 unspecified atom stereocenters. The van der Waals surface area contributed by atoms with Crippen molar-refractivity contribution in [2.45, 2.75) is 43.9 Å². The molecule has 3 aromatic rings. The predicted octanol–water partition coefficient (Wildman–Crippen LogP) is 3.47. The van der Waals surface area contributed by atoms with Crippen molar-refractivity contribution in [3.63, 3.8) is 0 Å². The monoisotopic (exact) mass is 494 g/mol. The molecule has 0 bridgehead atoms. The quantitative estimate of drug-likeness (QED) is 0.487. The van der Waals surface area contributed by atoms with E-state index in [1.165, 1.54) is 6.20 Å². The van der Waals surface area contributed by atoms with Gasteiger partial charge in [0.2, 0.25) is 11.7 Å². The van der Waals surface area contributed by atoms with Crippen LogP contribution in [0.3, 0.4) is 0 Å². The molecule has 4 rings (SSSR count). The lowest BCUT2D eigenvalue weighted by Gasteiger charge is -2.29. The summed E-state index contributed by atoms with van der Waals surface area (Å²) in [4.78, 5) is 32.4. The number of nitrogens with one attached hydrogen (secondary N) is 2. The number of rotatable bonds is 5. The SMILES string of the molecule is CN(C)c1nc(NC2CCC(NC(=O)c3ccno3)CC2)nc2ccccc12.O=C(O)C(F)(F)F. The van der Waals surface area contributed by atoms with Crippen molar-refractivity contribution >= 4 is 34.5 Å². The highest BCUT2D eigenvalue weighted by molar-refractivity contribution is 5.91. The zero-order valence-corrected chi connectivity index (χ0v) is 19.0. The first-order valence-corrected chi connectivity index (χ1v) is 10.8. The van der Waals surface area contributed by atoms with E-state index in [-0.39, 0.29) is 23.8 Å². The second-order valence-electron chi connectivity index (χ2n) is 8.13. The fourth-order valence-electron chi connectivity index (χ4n) is 3.62. The number of halogens is 3. The average Bonchev–Trinajstić information content (AvgIpc) is 3.35. The van der Waals surface area contributed by atoms with Gasteiger partial charge < -0.3 is 25.2 Å². The maximum Gasteiger partial charge on any atom is 0.490 e. The van der Waals surface area contributed by atoms with Crippen LogP contribution in [-0.4, -0.2) is 64.5 Å². The molecule has 0 radical (unpaired) electrons. The fraction of sp³-hybridized carbons (Fsp3) is 0.409. The van der Waals surface area contributed by atoms with Gasteiger partial charge in [-0.05, 0) is 37.8 Å². The van der Waals surface area contributed by atoms with Gasteiger partial charge in [-0.1, -0.05) is 17.3 Å². The number of aromatic nitrogens is 3. The van der Waals surface area contributed by atoms with Gasteiger partial charge in [0.05, 0.1) is 11.7 Å². The Hall–Kier alpha value is -3.90. The summed E-state index contributed by atoms with van der Waals surface area (Å²) in [5.74, 6) is -1.16. The second kappa shape index (κ2) is 11.0. The van der Waals surface area contributed by atoms with E-state index >= 15 is 0 Å². The molecule has 1 aromatic carbocycles. The molecule has 10 nitrogen and oxygen atoms in total. The Bertz CT molecular complexity index is 1150. The molecule has 1 fully saturated rings. The summed E-state index contributed by atoms with van der Waals surface area (Å²) in [6.45, 7) is 0. The van der Waals surface area contributed by atoms with Crippen LogP contribution in [0.1, 0.15) is 36.2 Å². The number of benzene rings is 1. The minimum Gasteiger partial charge on any atom is -0.475 e. The van der Waals surface area contributed by atoms with E-state index in [1.54, 1.807) is 6.07 Å². The van der Waals surface area contributed by atoms with Crippen LogP contribution in [0.15, 0.2) is 41.1 Å². The first kappa shape index (κ1) is 25.7. The van der Waals surface area contributed by atoms with E-state index in [4.69, 9.17) is 19.4 Å². The second-order valence-corrected chi connectivity index (χ2v) is 8.13. The summed E-state index contributed by atoms with van der Waals surface area (Å²) in [6.07, 6.45) is 0.0578. The summed E-state index contributed by atoms with van der Waals surface area (Å²) in [5.41, 5.74) is 0.928. The molecule has 1 saturated carbocycles. The van der Waals surface area contributed by atoms with Gasteiger partial charge in [-0.25, -0.2) is 9.78 Å². The van der Waals surface area contributed by atoms with Gasteiger partial charge in [0.15, 0.2) is 0 Å². The molecule has 3 N–H and O–H groups in total. The van der Waals surface area contributed by atoms with Crippen LogP contribution in [-0.2, 0) is 4.79 Å². The number of carbonyl (C=O) groups excluding carboxylic acids is 1. The molecular formula is C22H25F3N6O4. The number of hydrogen-bond donors (Lipinski definition) is 3. The smallest absolute Gasteiger partial charge is 0.475 e. The molecule has 0 aliphatic heterocycles. The molecule has 1 aliphatic rings. The molecule has 2 aromatic heterocycles. The number of anilines is 2. The fourth-order valence-corrected chi connectivity index (χ4v) is 3.62. The highest BCUT2D eigenvalue weighted by atomic mass is 19.4. The number of alkyl halides is 3. The zero-order chi connectivity index (χ0) is 25.6. The van der Waals surface area contributed by atoms with Crippen LogP contribution >= 0.6 is 0 Å². The average molecular weight is 494 g/mol. The Kier molecular flexibility index (Phi) is 8.10. The minimum atomic E-state index is -5.08. The summed E-state index contributed by atoms with van der Waals surface area (Å²) in [6, 6.07) is 10.0. The third-order valence-corrected chi connectivity index (χ3v) is 5.31. The van der Waals surface area contributed by atoms with Crippen LogP contribution in [0, 0.1) is 0 Å². The van der Waals surface area contributed by atoms with Gasteiger partial charge in [-0.2, -0.15) is 18.2 Å². The molecule has 1 aliphatic carbocycles. The van der Waals surface area contributed by atoms with Crippen LogP contribution in [0.2, 0.25) is 0 Å². The molecule has 0 spiro atoms. The van der Waals surface area contributed by atoms with Crippen molar-refractivity contribution in [2.75, 3.05) is 24.3 Å². The van der Waals surface area contributed by atoms with Crippen molar-refractivity contribution in [3.8, 4) is 0 Å². The molecule has 188 valence electrons. The molecule has 0 saturated heterocycles. The van der Waals surface area contributed by atoms with Crippen molar-refractivity contribution < 1.29 is 32.4 Å². The number of carbonyl (C=O) groups is 2. The molecule has 1 amide bonds. The van der Waals surface area contributed by atoms with Crippen LogP contribution in [0.25, 0.3) is 10.9 Å². The molecule has 35 heavy (non-hydrogen) atoms. The first-order valence-electron chi connectivity index (χ1n) is 10.8. The van der Waals surface area contributed by atoms with Gasteiger partial charge in [0, 0.05) is 37.6 Å². The largest absolute Gasteiger partial charge is 0.490 e. The number of amides is 1. The molecule has 0 atom stereocenters. The van der Waals surface area contributed by atoms with E-state index < -0.39 is 12.1 Å². The Morgan fingerprint density at radius 3 is 2.26 bits per heavy atom. The number of carboxylic acid groups (broad SMARTS) is 1. The van der Waals surface area contributed by atoms with Gasteiger partial charge in [0.25, 0.3) is 5.91 Å². The van der Waals surface area contributed by atoms with Crippen molar-refractivity contribution in [1.82, 2.24) is 20.4 Å². The Morgan fingerprint density at radius 2 is 1.69 bits per heavy atom. The van der Waals surface area contributed by atoms with Gasteiger partial charge in [0.1, 0.15) is 5.82 Å². The normalized spacial score (nSPS) is 17.7. The van der Waals surface area contributed by atoms with E-state index in [0.29, 0.717) is 5.95 Å². The Labute approximate surface area is 198 Å². The standard InChI is InChI=1S/C20H24N6O2.C2HF3O2/c1-26(2)18-15-5-3-4-6-16(15)24-20(25-18)23-14-9-7-13(8-10-14)22-19(27)17-11-12-21-28-17;3-2(4,5)1(6)7/h3-6,11-14H,7-10H2,1-2H3,(H,22,27)(H,23,24,25);(H,6,7). The first-order chi connectivity index (χ1) is 16.5. The molecule has 13 heteroatoms. The number of aliphatic carboxylic acids is 1. The van der Waals surface area contributed by atoms with Gasteiger partial charge >= 0.3 is 12.1 Å². The van der Waals surface area contributed by atoms with E-state index in [9.17, 15) is 18.0 Å². The van der Waals surface area contributed by atoms with Gasteiger partial charge in [-0.15, -0.1) is 0 Å². The number of nitrogens with zero attached hydrogens (tertiary/aromatic N) is 4. The minimum absolute atomic E-state index is 0.144. The third-order valence-electron chi connectivity index (χ3n) is 5.31. The van der Waals surface area contributed by atoms with Crippen molar-refractivity contribution in [1.29, 1.82) is 0 Å². The zero-order valence-electron chi connectivity index (χ0n) is 19.0. The van der Waals surface area contributed by atoms with Crippen LogP contribution < -0.4 is 15.5 Å². The maximum absolute atomic E-state index is 12.1. The lowest BCUT2D eigenvalue weighted by Crippen LogP contribution is -2.40. The summed E-state index contributed by atoms with van der Waals surface area (Å²) in [7, 11) is 3.97. The van der Waals surface area contributed by atoms with Crippen LogP contribution in [0.5, 0.6) is 0 Å². The molecule has 2 heterocycles. The molecular weight excluding hydrogens is 469 g/mol. The number of para-hydroxylation sites is 1. The van der Waals surface area contributed by atoms with Crippen molar-refractivity contribution in [3.05, 3.63) is 42.3 Å². The van der Waals surface area contributed by atoms with Crippen molar-refractivity contribution in [2.24, 2.45) is 0 Å². The summed E-state index contributed by atoms with van der Waals surface area (Å²) >= 11 is 0. The Morgan fingerprint density at radius 1 is 1.06 bits per heavy atom. The lowest BCUT2D eigenvalue weighted by molar-refractivity contribution is -0.192. The van der Waals surface area contributed by atoms with Gasteiger partial charge in [-0.3, -0.25) is 4.79 Å². The number of carboxylic acids is 1. The topological polar surface area (TPSA) is 133 Å². The summed E-state index contributed by atoms with van der Waals surface area (Å²) < 4.78 is 36.6. The summed E-state index contributed by atoms with van der Waals surface area (Å²) in [5, 5.41) is 18.2. The van der Waals surface area contributed by atoms with E-state index in [0.717, 1.165) is 42.4 Å². The predicted molar refractivity (Wildman–Crippen MR) is 121 cm³/mol. The van der Waals surface area contributed by atoms with Crippen LogP contribution in [0.4, 0.5) is 24.9 Å². The maximum atomic E-state index is 12.1. The third kappa shape index (κ3) is 7.04. The van der Waals surface area contributed by atoms with E-state index in [2.05, 4.69) is 20.8 Å². The lowest BCUT2D eigenvalue weighted by atomic mass is 9.91. The number of fused-ring (bicyclic) bond motifs is 1. The Balaban J connectivity index is 0.000000429. The number of hydrogen-bond acceptors (Lipinski definition) is 8.